The third kappa shape index (κ3) is 3.26. The highest BCUT2D eigenvalue weighted by Crippen LogP contribution is 2.41. The van der Waals surface area contributed by atoms with E-state index in [1.165, 1.54) is 30.5 Å². The molecule has 1 aliphatic carbocycles. The van der Waals surface area contributed by atoms with E-state index in [4.69, 9.17) is 0 Å². The van der Waals surface area contributed by atoms with Crippen LogP contribution in [0.25, 0.3) is 0 Å². The Morgan fingerprint density at radius 1 is 1.17 bits per heavy atom. The van der Waals surface area contributed by atoms with Crippen molar-refractivity contribution in [3.63, 3.8) is 0 Å². The standard InChI is InChI=1S/C16H26N2/c1-16(2,14-5-4-6-14)12-18-11-13-7-9-15(17-3)10-8-13/h7-10,14,17-18H,4-6,11-12H2,1-3H3. The molecular formula is C16H26N2. The van der Waals surface area contributed by atoms with Gasteiger partial charge in [0, 0.05) is 25.8 Å². The molecule has 2 rings (SSSR count). The van der Waals surface area contributed by atoms with Crippen LogP contribution in [0.1, 0.15) is 38.7 Å². The molecule has 1 saturated carbocycles. The van der Waals surface area contributed by atoms with E-state index in [9.17, 15) is 0 Å². The molecule has 1 fully saturated rings. The molecule has 100 valence electrons. The second-order valence-electron chi connectivity index (χ2n) is 6.17. The third-order valence-corrected chi connectivity index (χ3v) is 4.36. The van der Waals surface area contributed by atoms with Gasteiger partial charge in [0.25, 0.3) is 0 Å². The zero-order valence-corrected chi connectivity index (χ0v) is 11.9. The molecule has 0 atom stereocenters. The normalized spacial score (nSPS) is 16.4. The molecule has 2 N–H and O–H groups in total. The van der Waals surface area contributed by atoms with E-state index in [2.05, 4.69) is 48.7 Å². The van der Waals surface area contributed by atoms with Gasteiger partial charge in [-0.15, -0.1) is 0 Å². The lowest BCUT2D eigenvalue weighted by Crippen LogP contribution is -2.38. The fourth-order valence-corrected chi connectivity index (χ4v) is 2.65. The van der Waals surface area contributed by atoms with Crippen molar-refractivity contribution < 1.29 is 0 Å². The van der Waals surface area contributed by atoms with Crippen molar-refractivity contribution in [3.05, 3.63) is 29.8 Å². The lowest BCUT2D eigenvalue weighted by atomic mass is 9.67. The molecule has 18 heavy (non-hydrogen) atoms. The van der Waals surface area contributed by atoms with E-state index in [1.54, 1.807) is 0 Å². The molecule has 0 amide bonds. The minimum absolute atomic E-state index is 0.448. The van der Waals surface area contributed by atoms with Gasteiger partial charge in [-0.3, -0.25) is 0 Å². The molecule has 1 aromatic rings. The van der Waals surface area contributed by atoms with Crippen molar-refractivity contribution in [2.45, 2.75) is 39.7 Å². The summed E-state index contributed by atoms with van der Waals surface area (Å²) < 4.78 is 0. The number of rotatable bonds is 6. The van der Waals surface area contributed by atoms with Crippen LogP contribution >= 0.6 is 0 Å². The first-order valence-electron chi connectivity index (χ1n) is 7.09. The zero-order valence-electron chi connectivity index (χ0n) is 11.9. The molecule has 1 aromatic carbocycles. The molecule has 2 nitrogen and oxygen atoms in total. The van der Waals surface area contributed by atoms with Crippen LogP contribution in [-0.2, 0) is 6.54 Å². The predicted molar refractivity (Wildman–Crippen MR) is 78.8 cm³/mol. The predicted octanol–water partition coefficient (Wildman–Crippen LogP) is 3.64. The quantitative estimate of drug-likeness (QED) is 0.800. The van der Waals surface area contributed by atoms with Crippen molar-refractivity contribution in [2.24, 2.45) is 11.3 Å². The topological polar surface area (TPSA) is 24.1 Å². The average Bonchev–Trinajstić information content (AvgIpc) is 2.26. The first-order valence-corrected chi connectivity index (χ1v) is 7.09. The SMILES string of the molecule is CNc1ccc(CNCC(C)(C)C2CCC2)cc1. The summed E-state index contributed by atoms with van der Waals surface area (Å²) in [7, 11) is 1.95. The van der Waals surface area contributed by atoms with Crippen LogP contribution in [-0.4, -0.2) is 13.6 Å². The van der Waals surface area contributed by atoms with Gasteiger partial charge in [0.05, 0.1) is 0 Å². The van der Waals surface area contributed by atoms with Crippen LogP contribution in [0.2, 0.25) is 0 Å². The zero-order chi connectivity index (χ0) is 13.0. The summed E-state index contributed by atoms with van der Waals surface area (Å²) >= 11 is 0. The van der Waals surface area contributed by atoms with Gasteiger partial charge in [0.1, 0.15) is 0 Å². The summed E-state index contributed by atoms with van der Waals surface area (Å²) in [5.41, 5.74) is 2.98. The van der Waals surface area contributed by atoms with Crippen molar-refractivity contribution in [1.29, 1.82) is 0 Å². The van der Waals surface area contributed by atoms with Gasteiger partial charge in [-0.05, 0) is 41.9 Å². The van der Waals surface area contributed by atoms with Crippen LogP contribution in [0.3, 0.4) is 0 Å². The fraction of sp³-hybridized carbons (Fsp3) is 0.625. The maximum Gasteiger partial charge on any atom is 0.0337 e. The van der Waals surface area contributed by atoms with Crippen LogP contribution < -0.4 is 10.6 Å². The molecule has 0 bridgehead atoms. The van der Waals surface area contributed by atoms with E-state index in [1.807, 2.05) is 7.05 Å². The summed E-state index contributed by atoms with van der Waals surface area (Å²) in [6.07, 6.45) is 4.27. The summed E-state index contributed by atoms with van der Waals surface area (Å²) in [6, 6.07) is 8.65. The molecule has 0 heterocycles. The van der Waals surface area contributed by atoms with Crippen molar-refractivity contribution in [1.82, 2.24) is 5.32 Å². The number of nitrogens with one attached hydrogen (secondary N) is 2. The number of benzene rings is 1. The Bertz CT molecular complexity index is 363. The van der Waals surface area contributed by atoms with Crippen molar-refractivity contribution >= 4 is 5.69 Å². The summed E-state index contributed by atoms with van der Waals surface area (Å²) in [4.78, 5) is 0. The van der Waals surface area contributed by atoms with Gasteiger partial charge in [-0.1, -0.05) is 32.4 Å². The Hall–Kier alpha value is -1.02. The average molecular weight is 246 g/mol. The van der Waals surface area contributed by atoms with Gasteiger partial charge in [0.15, 0.2) is 0 Å². The number of hydrogen-bond acceptors (Lipinski definition) is 2. The second kappa shape index (κ2) is 5.75. The lowest BCUT2D eigenvalue weighted by Gasteiger charge is -2.40. The van der Waals surface area contributed by atoms with Crippen LogP contribution in [0, 0.1) is 11.3 Å². The maximum atomic E-state index is 3.61. The molecular weight excluding hydrogens is 220 g/mol. The molecule has 0 radical (unpaired) electrons. The molecule has 0 unspecified atom stereocenters. The first-order chi connectivity index (χ1) is 8.62. The monoisotopic (exact) mass is 246 g/mol. The van der Waals surface area contributed by atoms with Gasteiger partial charge in [0.2, 0.25) is 0 Å². The highest BCUT2D eigenvalue weighted by molar-refractivity contribution is 5.43. The summed E-state index contributed by atoms with van der Waals surface area (Å²) in [5, 5.41) is 6.75. The van der Waals surface area contributed by atoms with Gasteiger partial charge in [-0.25, -0.2) is 0 Å². The van der Waals surface area contributed by atoms with Crippen molar-refractivity contribution in [2.75, 3.05) is 18.9 Å². The molecule has 0 aliphatic heterocycles. The fourth-order valence-electron chi connectivity index (χ4n) is 2.65. The van der Waals surface area contributed by atoms with E-state index in [0.29, 0.717) is 5.41 Å². The lowest BCUT2D eigenvalue weighted by molar-refractivity contribution is 0.118. The Balaban J connectivity index is 1.77. The van der Waals surface area contributed by atoms with Gasteiger partial charge in [-0.2, -0.15) is 0 Å². The molecule has 1 aliphatic rings. The molecule has 0 spiro atoms. The van der Waals surface area contributed by atoms with E-state index < -0.39 is 0 Å². The summed E-state index contributed by atoms with van der Waals surface area (Å²) in [5.74, 6) is 0.927. The summed E-state index contributed by atoms with van der Waals surface area (Å²) in [6.45, 7) is 6.88. The Kier molecular flexibility index (Phi) is 4.28. The highest BCUT2D eigenvalue weighted by Gasteiger charge is 2.33. The van der Waals surface area contributed by atoms with E-state index in [0.717, 1.165) is 19.0 Å². The second-order valence-corrected chi connectivity index (χ2v) is 6.17. The number of anilines is 1. The van der Waals surface area contributed by atoms with E-state index in [-0.39, 0.29) is 0 Å². The number of hydrogen-bond donors (Lipinski definition) is 2. The largest absolute Gasteiger partial charge is 0.388 e. The molecule has 0 aromatic heterocycles. The van der Waals surface area contributed by atoms with E-state index >= 15 is 0 Å². The Labute approximate surface area is 111 Å². The first kappa shape index (κ1) is 13.4. The third-order valence-electron chi connectivity index (χ3n) is 4.36. The van der Waals surface area contributed by atoms with Gasteiger partial charge >= 0.3 is 0 Å². The van der Waals surface area contributed by atoms with Gasteiger partial charge < -0.3 is 10.6 Å². The maximum absolute atomic E-state index is 3.61. The van der Waals surface area contributed by atoms with Crippen LogP contribution in [0.15, 0.2) is 24.3 Å². The molecule has 0 saturated heterocycles. The van der Waals surface area contributed by atoms with Crippen LogP contribution in [0.5, 0.6) is 0 Å². The Morgan fingerprint density at radius 3 is 2.33 bits per heavy atom. The smallest absolute Gasteiger partial charge is 0.0337 e. The highest BCUT2D eigenvalue weighted by atomic mass is 14.9. The van der Waals surface area contributed by atoms with Crippen LogP contribution in [0.4, 0.5) is 5.69 Å². The van der Waals surface area contributed by atoms with Crippen molar-refractivity contribution in [3.8, 4) is 0 Å². The molecule has 2 heteroatoms. The minimum atomic E-state index is 0.448. The Morgan fingerprint density at radius 2 is 1.83 bits per heavy atom. The minimum Gasteiger partial charge on any atom is -0.388 e.